The van der Waals surface area contributed by atoms with E-state index in [4.69, 9.17) is 5.11 Å². The van der Waals surface area contributed by atoms with E-state index in [2.05, 4.69) is 10.3 Å². The summed E-state index contributed by atoms with van der Waals surface area (Å²) in [4.78, 5) is 18.1. The van der Waals surface area contributed by atoms with E-state index in [1.54, 1.807) is 23.1 Å². The second-order valence-corrected chi connectivity index (χ2v) is 5.89. The second kappa shape index (κ2) is 4.60. The highest BCUT2D eigenvalue weighted by atomic mass is 32.2. The molecular weight excluding hydrogens is 246 g/mol. The van der Waals surface area contributed by atoms with E-state index < -0.39 is 12.0 Å². The molecule has 2 rings (SSSR count). The molecular formula is C9H13N3O2S2. The van der Waals surface area contributed by atoms with E-state index in [1.165, 1.54) is 0 Å². The largest absolute Gasteiger partial charge is 0.480 e. The molecule has 2 unspecified atom stereocenters. The fourth-order valence-electron chi connectivity index (χ4n) is 1.38. The molecule has 2 heterocycles. The molecule has 1 aliphatic rings. The first-order chi connectivity index (χ1) is 7.58. The van der Waals surface area contributed by atoms with Crippen molar-refractivity contribution in [3.8, 4) is 0 Å². The molecule has 2 N–H and O–H groups in total. The maximum absolute atomic E-state index is 10.8. The molecule has 0 aliphatic carbocycles. The van der Waals surface area contributed by atoms with E-state index >= 15 is 0 Å². The van der Waals surface area contributed by atoms with Crippen molar-refractivity contribution in [1.29, 1.82) is 0 Å². The van der Waals surface area contributed by atoms with Crippen molar-refractivity contribution in [3.05, 3.63) is 11.1 Å². The summed E-state index contributed by atoms with van der Waals surface area (Å²) >= 11 is 3.21. The summed E-state index contributed by atoms with van der Waals surface area (Å²) in [5, 5.41) is 13.0. The first-order valence-electron chi connectivity index (χ1n) is 4.81. The summed E-state index contributed by atoms with van der Waals surface area (Å²) < 4.78 is 0. The van der Waals surface area contributed by atoms with E-state index in [0.29, 0.717) is 5.75 Å². The van der Waals surface area contributed by atoms with Crippen molar-refractivity contribution in [3.63, 3.8) is 0 Å². The number of carboxylic acids is 1. The first kappa shape index (κ1) is 11.7. The molecule has 1 aromatic rings. The number of aromatic nitrogens is 1. The third-order valence-corrected chi connectivity index (χ3v) is 4.86. The minimum Gasteiger partial charge on any atom is -0.480 e. The van der Waals surface area contributed by atoms with E-state index in [9.17, 15) is 4.79 Å². The van der Waals surface area contributed by atoms with Crippen LogP contribution in [0, 0.1) is 0 Å². The number of carbonyl (C=O) groups is 1. The van der Waals surface area contributed by atoms with Crippen LogP contribution in [0.15, 0.2) is 6.20 Å². The molecule has 0 bridgehead atoms. The van der Waals surface area contributed by atoms with Gasteiger partial charge >= 0.3 is 5.97 Å². The van der Waals surface area contributed by atoms with Crippen molar-refractivity contribution in [1.82, 2.24) is 10.3 Å². The molecule has 1 saturated heterocycles. The van der Waals surface area contributed by atoms with Crippen molar-refractivity contribution in [2.24, 2.45) is 0 Å². The standard InChI is InChI=1S/C9H13N3O2S2/c1-12(2)9-10-3-6(16-9)7-11-5(4-15-7)8(13)14/h3,5,7,11H,4H2,1-2H3,(H,13,14). The number of nitrogens with one attached hydrogen (secondary N) is 1. The van der Waals surface area contributed by atoms with Crippen LogP contribution in [0.3, 0.4) is 0 Å². The van der Waals surface area contributed by atoms with E-state index in [0.717, 1.165) is 10.0 Å². The Hall–Kier alpha value is -0.790. The van der Waals surface area contributed by atoms with Gasteiger partial charge in [0, 0.05) is 26.0 Å². The van der Waals surface area contributed by atoms with Gasteiger partial charge in [-0.2, -0.15) is 0 Å². The summed E-state index contributed by atoms with van der Waals surface area (Å²) in [6.07, 6.45) is 1.81. The monoisotopic (exact) mass is 259 g/mol. The maximum Gasteiger partial charge on any atom is 0.321 e. The fraction of sp³-hybridized carbons (Fsp3) is 0.556. The number of rotatable bonds is 3. The molecule has 0 aromatic carbocycles. The van der Waals surface area contributed by atoms with Crippen molar-refractivity contribution in [2.75, 3.05) is 24.7 Å². The lowest BCUT2D eigenvalue weighted by molar-refractivity contribution is -0.138. The molecule has 0 spiro atoms. The fourth-order valence-corrected chi connectivity index (χ4v) is 3.62. The van der Waals surface area contributed by atoms with Crippen LogP contribution in [-0.2, 0) is 4.79 Å². The van der Waals surface area contributed by atoms with Gasteiger partial charge in [-0.3, -0.25) is 10.1 Å². The maximum atomic E-state index is 10.8. The number of nitrogens with zero attached hydrogens (tertiary/aromatic N) is 2. The highest BCUT2D eigenvalue weighted by Gasteiger charge is 2.31. The summed E-state index contributed by atoms with van der Waals surface area (Å²) in [5.41, 5.74) is 0. The molecule has 7 heteroatoms. The molecule has 88 valence electrons. The molecule has 2 atom stereocenters. The van der Waals surface area contributed by atoms with E-state index in [-0.39, 0.29) is 5.37 Å². The molecule has 0 saturated carbocycles. The highest BCUT2D eigenvalue weighted by molar-refractivity contribution is 7.99. The van der Waals surface area contributed by atoms with Crippen LogP contribution in [0.25, 0.3) is 0 Å². The quantitative estimate of drug-likeness (QED) is 0.844. The van der Waals surface area contributed by atoms with Crippen LogP contribution < -0.4 is 10.2 Å². The Bertz CT molecular complexity index is 394. The third kappa shape index (κ3) is 2.31. The summed E-state index contributed by atoms with van der Waals surface area (Å²) in [6, 6.07) is -0.445. The summed E-state index contributed by atoms with van der Waals surface area (Å²) in [5.74, 6) is -0.179. The van der Waals surface area contributed by atoms with Gasteiger partial charge in [0.25, 0.3) is 0 Å². The SMILES string of the molecule is CN(C)c1ncc(C2NC(C(=O)O)CS2)s1. The van der Waals surface area contributed by atoms with Crippen LogP contribution >= 0.6 is 23.1 Å². The smallest absolute Gasteiger partial charge is 0.321 e. The predicted octanol–water partition coefficient (Wildman–Crippen LogP) is 0.997. The number of anilines is 1. The van der Waals surface area contributed by atoms with Crippen LogP contribution in [0.2, 0.25) is 0 Å². The predicted molar refractivity (Wildman–Crippen MR) is 66.2 cm³/mol. The molecule has 1 fully saturated rings. The molecule has 16 heavy (non-hydrogen) atoms. The average Bonchev–Trinajstić information content (AvgIpc) is 2.86. The van der Waals surface area contributed by atoms with Crippen LogP contribution in [-0.4, -0.2) is 41.9 Å². The van der Waals surface area contributed by atoms with Gasteiger partial charge in [-0.1, -0.05) is 11.3 Å². The van der Waals surface area contributed by atoms with Gasteiger partial charge in [0.05, 0.1) is 10.3 Å². The normalized spacial score (nSPS) is 24.6. The molecule has 5 nitrogen and oxygen atoms in total. The highest BCUT2D eigenvalue weighted by Crippen LogP contribution is 2.37. The molecule has 0 radical (unpaired) electrons. The Morgan fingerprint density at radius 3 is 2.94 bits per heavy atom. The van der Waals surface area contributed by atoms with Crippen LogP contribution in [0.4, 0.5) is 5.13 Å². The third-order valence-electron chi connectivity index (χ3n) is 2.23. The second-order valence-electron chi connectivity index (χ2n) is 3.71. The zero-order chi connectivity index (χ0) is 11.7. The first-order valence-corrected chi connectivity index (χ1v) is 6.68. The summed E-state index contributed by atoms with van der Waals surface area (Å²) in [7, 11) is 3.88. The van der Waals surface area contributed by atoms with Gasteiger partial charge in [0.15, 0.2) is 5.13 Å². The van der Waals surface area contributed by atoms with Crippen LogP contribution in [0.1, 0.15) is 10.3 Å². The topological polar surface area (TPSA) is 65.5 Å². The molecule has 1 aliphatic heterocycles. The number of carboxylic acid groups (broad SMARTS) is 1. The van der Waals surface area contributed by atoms with Crippen molar-refractivity contribution in [2.45, 2.75) is 11.4 Å². The minimum atomic E-state index is -0.785. The minimum absolute atomic E-state index is 0.0623. The van der Waals surface area contributed by atoms with Gasteiger partial charge in [0.1, 0.15) is 6.04 Å². The Labute approximate surface area is 102 Å². The lowest BCUT2D eigenvalue weighted by atomic mass is 10.3. The van der Waals surface area contributed by atoms with Crippen LogP contribution in [0.5, 0.6) is 0 Å². The lowest BCUT2D eigenvalue weighted by Crippen LogP contribution is -2.33. The van der Waals surface area contributed by atoms with Gasteiger partial charge in [-0.05, 0) is 0 Å². The Kier molecular flexibility index (Phi) is 3.36. The van der Waals surface area contributed by atoms with Gasteiger partial charge in [0.2, 0.25) is 0 Å². The Morgan fingerprint density at radius 2 is 2.44 bits per heavy atom. The number of aliphatic carboxylic acids is 1. The Balaban J connectivity index is 2.06. The van der Waals surface area contributed by atoms with Gasteiger partial charge < -0.3 is 10.0 Å². The van der Waals surface area contributed by atoms with E-state index in [1.807, 2.05) is 25.2 Å². The lowest BCUT2D eigenvalue weighted by Gasteiger charge is -2.08. The number of hydrogen-bond acceptors (Lipinski definition) is 6. The average molecular weight is 259 g/mol. The van der Waals surface area contributed by atoms with Gasteiger partial charge in [-0.25, -0.2) is 4.98 Å². The molecule has 0 amide bonds. The number of hydrogen-bond donors (Lipinski definition) is 2. The Morgan fingerprint density at radius 1 is 1.69 bits per heavy atom. The zero-order valence-electron chi connectivity index (χ0n) is 9.01. The zero-order valence-corrected chi connectivity index (χ0v) is 10.6. The molecule has 1 aromatic heterocycles. The van der Waals surface area contributed by atoms with Crippen molar-refractivity contribution < 1.29 is 9.90 Å². The van der Waals surface area contributed by atoms with Gasteiger partial charge in [-0.15, -0.1) is 11.8 Å². The number of thiazole rings is 1. The van der Waals surface area contributed by atoms with Crippen molar-refractivity contribution >= 4 is 34.2 Å². The number of thioether (sulfide) groups is 1. The summed E-state index contributed by atoms with van der Waals surface area (Å²) in [6.45, 7) is 0.